The number of pyridine rings is 1. The van der Waals surface area contributed by atoms with E-state index in [2.05, 4.69) is 10.3 Å². The fourth-order valence-corrected chi connectivity index (χ4v) is 1.72. The van der Waals surface area contributed by atoms with Gasteiger partial charge in [0.25, 0.3) is 0 Å². The highest BCUT2D eigenvalue weighted by Gasteiger charge is 2.31. The molecule has 2 heterocycles. The molecule has 1 aliphatic heterocycles. The maximum Gasteiger partial charge on any atom is 0.417 e. The standard InChI is InChI=1S/C10H11F3N2/c11-10(12,13)8-1-2-9(15-6-8)7-3-4-14-5-7/h1-2,6-7,14H,3-5H2. The van der Waals surface area contributed by atoms with Gasteiger partial charge in [0.15, 0.2) is 0 Å². The second-order valence-corrected chi connectivity index (χ2v) is 3.66. The summed E-state index contributed by atoms with van der Waals surface area (Å²) in [5.41, 5.74) is 0.0604. The Bertz CT molecular complexity index is 326. The van der Waals surface area contributed by atoms with Gasteiger partial charge in [0.1, 0.15) is 0 Å². The number of nitrogens with one attached hydrogen (secondary N) is 1. The van der Waals surface area contributed by atoms with E-state index in [1.807, 2.05) is 0 Å². The molecule has 1 saturated heterocycles. The largest absolute Gasteiger partial charge is 0.417 e. The van der Waals surface area contributed by atoms with E-state index in [1.165, 1.54) is 6.07 Å². The molecule has 5 heteroatoms. The number of hydrogen-bond acceptors (Lipinski definition) is 2. The van der Waals surface area contributed by atoms with Gasteiger partial charge in [-0.3, -0.25) is 4.98 Å². The lowest BCUT2D eigenvalue weighted by molar-refractivity contribution is -0.137. The van der Waals surface area contributed by atoms with E-state index in [1.54, 1.807) is 0 Å². The molecule has 2 nitrogen and oxygen atoms in total. The maximum absolute atomic E-state index is 12.2. The lowest BCUT2D eigenvalue weighted by Gasteiger charge is -2.10. The van der Waals surface area contributed by atoms with Gasteiger partial charge in [0.05, 0.1) is 5.56 Å². The first-order chi connectivity index (χ1) is 7.07. The molecule has 1 aliphatic rings. The summed E-state index contributed by atoms with van der Waals surface area (Å²) >= 11 is 0. The Labute approximate surface area is 85.5 Å². The molecule has 0 amide bonds. The van der Waals surface area contributed by atoms with Gasteiger partial charge in [-0.1, -0.05) is 0 Å². The van der Waals surface area contributed by atoms with Gasteiger partial charge in [-0.2, -0.15) is 13.2 Å². The third-order valence-electron chi connectivity index (χ3n) is 2.59. The van der Waals surface area contributed by atoms with E-state index < -0.39 is 11.7 Å². The van der Waals surface area contributed by atoms with Crippen molar-refractivity contribution < 1.29 is 13.2 Å². The van der Waals surface area contributed by atoms with Crippen molar-refractivity contribution in [1.82, 2.24) is 10.3 Å². The first-order valence-electron chi connectivity index (χ1n) is 4.81. The monoisotopic (exact) mass is 216 g/mol. The highest BCUT2D eigenvalue weighted by Crippen LogP contribution is 2.29. The molecule has 0 spiro atoms. The van der Waals surface area contributed by atoms with Crippen molar-refractivity contribution in [3.8, 4) is 0 Å². The van der Waals surface area contributed by atoms with Crippen LogP contribution < -0.4 is 5.32 Å². The molecule has 1 aromatic heterocycles. The van der Waals surface area contributed by atoms with Gasteiger partial charge in [-0.25, -0.2) is 0 Å². The molecule has 0 aromatic carbocycles. The molecule has 1 N–H and O–H groups in total. The second kappa shape index (κ2) is 3.81. The molecule has 1 aromatic rings. The summed E-state index contributed by atoms with van der Waals surface area (Å²) in [5.74, 6) is 0.257. The average Bonchev–Trinajstić information content (AvgIpc) is 2.69. The van der Waals surface area contributed by atoms with E-state index in [0.717, 1.165) is 37.5 Å². The van der Waals surface area contributed by atoms with Gasteiger partial charge in [-0.05, 0) is 25.1 Å². The number of aromatic nitrogens is 1. The highest BCUT2D eigenvalue weighted by atomic mass is 19.4. The molecule has 82 valence electrons. The van der Waals surface area contributed by atoms with Gasteiger partial charge < -0.3 is 5.32 Å². The zero-order chi connectivity index (χ0) is 10.9. The van der Waals surface area contributed by atoms with Gasteiger partial charge in [0, 0.05) is 24.4 Å². The van der Waals surface area contributed by atoms with Gasteiger partial charge in [-0.15, -0.1) is 0 Å². The smallest absolute Gasteiger partial charge is 0.316 e. The Kier molecular flexibility index (Phi) is 2.65. The molecular weight excluding hydrogens is 205 g/mol. The minimum Gasteiger partial charge on any atom is -0.316 e. The first-order valence-corrected chi connectivity index (χ1v) is 4.81. The van der Waals surface area contributed by atoms with Crippen molar-refractivity contribution in [3.05, 3.63) is 29.6 Å². The molecular formula is C10H11F3N2. The third kappa shape index (κ3) is 2.28. The Balaban J connectivity index is 2.16. The summed E-state index contributed by atoms with van der Waals surface area (Å²) in [7, 11) is 0. The number of hydrogen-bond donors (Lipinski definition) is 1. The first kappa shape index (κ1) is 10.4. The van der Waals surface area contributed by atoms with Crippen molar-refractivity contribution in [2.75, 3.05) is 13.1 Å². The Morgan fingerprint density at radius 3 is 2.60 bits per heavy atom. The maximum atomic E-state index is 12.2. The van der Waals surface area contributed by atoms with Crippen LogP contribution in [0, 0.1) is 0 Å². The molecule has 1 unspecified atom stereocenters. The molecule has 2 rings (SSSR count). The van der Waals surface area contributed by atoms with Crippen LogP contribution in [0.5, 0.6) is 0 Å². The van der Waals surface area contributed by atoms with Crippen molar-refractivity contribution in [2.45, 2.75) is 18.5 Å². The molecule has 0 radical (unpaired) electrons. The highest BCUT2D eigenvalue weighted by molar-refractivity contribution is 5.20. The van der Waals surface area contributed by atoms with E-state index in [9.17, 15) is 13.2 Å². The fourth-order valence-electron chi connectivity index (χ4n) is 1.72. The molecule has 0 aliphatic carbocycles. The number of nitrogens with zero attached hydrogens (tertiary/aromatic N) is 1. The van der Waals surface area contributed by atoms with Crippen LogP contribution in [0.25, 0.3) is 0 Å². The van der Waals surface area contributed by atoms with Crippen molar-refractivity contribution in [2.24, 2.45) is 0 Å². The molecule has 0 bridgehead atoms. The average molecular weight is 216 g/mol. The van der Waals surface area contributed by atoms with Gasteiger partial charge >= 0.3 is 6.18 Å². The van der Waals surface area contributed by atoms with Gasteiger partial charge in [0.2, 0.25) is 0 Å². The molecule has 1 fully saturated rings. The summed E-state index contributed by atoms with van der Waals surface area (Å²) in [4.78, 5) is 3.87. The number of halogens is 3. The zero-order valence-electron chi connectivity index (χ0n) is 8.01. The van der Waals surface area contributed by atoms with Crippen LogP contribution >= 0.6 is 0 Å². The summed E-state index contributed by atoms with van der Waals surface area (Å²) in [6.07, 6.45) is -2.44. The van der Waals surface area contributed by atoms with Crippen molar-refractivity contribution in [3.63, 3.8) is 0 Å². The molecule has 15 heavy (non-hydrogen) atoms. The van der Waals surface area contributed by atoms with Crippen molar-refractivity contribution >= 4 is 0 Å². The Morgan fingerprint density at radius 2 is 2.13 bits per heavy atom. The second-order valence-electron chi connectivity index (χ2n) is 3.66. The fraction of sp³-hybridized carbons (Fsp3) is 0.500. The summed E-state index contributed by atoms with van der Waals surface area (Å²) in [6.45, 7) is 1.71. The number of alkyl halides is 3. The summed E-state index contributed by atoms with van der Waals surface area (Å²) in [6, 6.07) is 2.57. The van der Waals surface area contributed by atoms with Crippen LogP contribution in [0.4, 0.5) is 13.2 Å². The van der Waals surface area contributed by atoms with Crippen LogP contribution in [-0.4, -0.2) is 18.1 Å². The van der Waals surface area contributed by atoms with Crippen LogP contribution in [0.2, 0.25) is 0 Å². The Morgan fingerprint density at radius 1 is 1.33 bits per heavy atom. The zero-order valence-corrected chi connectivity index (χ0v) is 8.01. The normalized spacial score (nSPS) is 21.9. The predicted octanol–water partition coefficient (Wildman–Crippen LogP) is 2.18. The third-order valence-corrected chi connectivity index (χ3v) is 2.59. The van der Waals surface area contributed by atoms with E-state index in [4.69, 9.17) is 0 Å². The van der Waals surface area contributed by atoms with Crippen LogP contribution in [0.15, 0.2) is 18.3 Å². The lowest BCUT2D eigenvalue weighted by Crippen LogP contribution is -2.10. The van der Waals surface area contributed by atoms with E-state index >= 15 is 0 Å². The van der Waals surface area contributed by atoms with Crippen LogP contribution in [0.3, 0.4) is 0 Å². The lowest BCUT2D eigenvalue weighted by atomic mass is 10.0. The van der Waals surface area contributed by atoms with Crippen LogP contribution in [0.1, 0.15) is 23.6 Å². The van der Waals surface area contributed by atoms with Crippen molar-refractivity contribution in [1.29, 1.82) is 0 Å². The molecule has 0 saturated carbocycles. The minimum absolute atomic E-state index is 0.257. The number of rotatable bonds is 1. The molecule has 1 atom stereocenters. The Hall–Kier alpha value is -1.10. The van der Waals surface area contributed by atoms with E-state index in [-0.39, 0.29) is 5.92 Å². The minimum atomic E-state index is -4.29. The quantitative estimate of drug-likeness (QED) is 0.778. The summed E-state index contributed by atoms with van der Waals surface area (Å²) in [5, 5.41) is 3.15. The predicted molar refractivity (Wildman–Crippen MR) is 49.5 cm³/mol. The van der Waals surface area contributed by atoms with Crippen LogP contribution in [-0.2, 0) is 6.18 Å². The topological polar surface area (TPSA) is 24.9 Å². The summed E-state index contributed by atoms with van der Waals surface area (Å²) < 4.78 is 36.7. The van der Waals surface area contributed by atoms with E-state index in [0.29, 0.717) is 0 Å². The SMILES string of the molecule is FC(F)(F)c1ccc(C2CCNC2)nc1.